The minimum absolute atomic E-state index is 0.0530. The lowest BCUT2D eigenvalue weighted by atomic mass is 9.92. The van der Waals surface area contributed by atoms with Crippen LogP contribution in [-0.4, -0.2) is 61.7 Å². The van der Waals surface area contributed by atoms with Crippen LogP contribution in [-0.2, 0) is 14.8 Å². The molecule has 13 heteroatoms. The van der Waals surface area contributed by atoms with Gasteiger partial charge in [-0.2, -0.15) is 10.4 Å². The number of rotatable bonds is 6. The molecule has 1 aliphatic carbocycles. The van der Waals surface area contributed by atoms with Crippen LogP contribution in [0.4, 0.5) is 10.5 Å². The normalized spacial score (nSPS) is 24.3. The van der Waals surface area contributed by atoms with E-state index in [-0.39, 0.29) is 23.2 Å². The molecular weight excluding hydrogens is 436 g/mol. The van der Waals surface area contributed by atoms with E-state index in [1.54, 1.807) is 6.07 Å². The molecule has 1 saturated heterocycles. The molecule has 2 heterocycles. The first-order valence-corrected chi connectivity index (χ1v) is 11.6. The van der Waals surface area contributed by atoms with Crippen molar-refractivity contribution in [3.63, 3.8) is 0 Å². The van der Waals surface area contributed by atoms with E-state index in [0.717, 1.165) is 0 Å². The van der Waals surface area contributed by atoms with Crippen LogP contribution in [0.2, 0.25) is 5.02 Å². The fourth-order valence-corrected chi connectivity index (χ4v) is 4.93. The van der Waals surface area contributed by atoms with Crippen molar-refractivity contribution in [2.75, 3.05) is 23.7 Å². The Labute approximate surface area is 178 Å². The number of anilines is 1. The smallest absolute Gasteiger partial charge is 0.407 e. The molecule has 0 bridgehead atoms. The van der Waals surface area contributed by atoms with E-state index in [9.17, 15) is 18.0 Å². The fourth-order valence-electron chi connectivity index (χ4n) is 3.73. The summed E-state index contributed by atoms with van der Waals surface area (Å²) in [6.45, 7) is 0.989. The number of aromatic nitrogens is 2. The lowest BCUT2D eigenvalue weighted by Gasteiger charge is -2.29. The second-order valence-corrected chi connectivity index (χ2v) is 9.52. The van der Waals surface area contributed by atoms with E-state index in [1.165, 1.54) is 6.20 Å². The predicted molar refractivity (Wildman–Crippen MR) is 109 cm³/mol. The first kappa shape index (κ1) is 22.3. The van der Waals surface area contributed by atoms with E-state index in [4.69, 9.17) is 21.6 Å². The van der Waals surface area contributed by atoms with Crippen LogP contribution in [0.3, 0.4) is 0 Å². The Morgan fingerprint density at radius 2 is 2.03 bits per heavy atom. The topological polar surface area (TPSA) is 157 Å². The van der Waals surface area contributed by atoms with Crippen LogP contribution in [0, 0.1) is 11.3 Å². The van der Waals surface area contributed by atoms with Crippen LogP contribution in [0.5, 0.6) is 0 Å². The van der Waals surface area contributed by atoms with E-state index < -0.39 is 27.4 Å². The molecule has 1 aromatic heterocycles. The summed E-state index contributed by atoms with van der Waals surface area (Å²) in [6.07, 6.45) is 3.57. The second-order valence-electron chi connectivity index (χ2n) is 7.39. The van der Waals surface area contributed by atoms with Gasteiger partial charge in [0.25, 0.3) is 5.56 Å². The van der Waals surface area contributed by atoms with E-state index in [1.807, 2.05) is 4.90 Å². The van der Waals surface area contributed by atoms with Crippen LogP contribution < -0.4 is 20.5 Å². The summed E-state index contributed by atoms with van der Waals surface area (Å²) in [5.41, 5.74) is 0.0332. The molecular formula is C17H23ClN6O5S. The van der Waals surface area contributed by atoms with Gasteiger partial charge < -0.3 is 15.0 Å². The SMILES string of the molecule is N#CCS(=O)(=O)NC1CCC(NC(=O)O[C@@H]2CCN(c3cn[nH]c(=O)c3Cl)C2)CC1. The first-order valence-electron chi connectivity index (χ1n) is 9.59. The van der Waals surface area contributed by atoms with Crippen molar-refractivity contribution in [3.8, 4) is 6.07 Å². The average molecular weight is 459 g/mol. The Morgan fingerprint density at radius 1 is 1.33 bits per heavy atom. The zero-order chi connectivity index (χ0) is 21.7. The standard InChI is InChI=1S/C17H23ClN6O5S/c18-15-14(9-20-22-16(15)25)24-7-5-13(10-24)29-17(26)21-11-1-3-12(4-2-11)23-30(27,28)8-6-19/h9,11-13,23H,1-5,7-8,10H2,(H,21,26)(H,22,25)/t11?,12?,13-/m1/s1. The highest BCUT2D eigenvalue weighted by Gasteiger charge is 2.30. The summed E-state index contributed by atoms with van der Waals surface area (Å²) in [6, 6.07) is 1.30. The van der Waals surface area contributed by atoms with Crippen molar-refractivity contribution in [3.05, 3.63) is 21.6 Å². The maximum Gasteiger partial charge on any atom is 0.407 e. The van der Waals surface area contributed by atoms with Crippen LogP contribution >= 0.6 is 11.6 Å². The number of ether oxygens (including phenoxy) is 1. The number of nitriles is 1. The van der Waals surface area contributed by atoms with Gasteiger partial charge in [0, 0.05) is 25.0 Å². The third kappa shape index (κ3) is 5.84. The number of amides is 1. The van der Waals surface area contributed by atoms with Gasteiger partial charge in [0.1, 0.15) is 11.1 Å². The number of sulfonamides is 1. The Balaban J connectivity index is 1.42. The number of hydrogen-bond donors (Lipinski definition) is 3. The Kier molecular flexibility index (Phi) is 7.17. The molecule has 30 heavy (non-hydrogen) atoms. The van der Waals surface area contributed by atoms with Crippen LogP contribution in [0.1, 0.15) is 32.1 Å². The van der Waals surface area contributed by atoms with Gasteiger partial charge in [-0.3, -0.25) is 4.79 Å². The average Bonchev–Trinajstić information content (AvgIpc) is 3.13. The van der Waals surface area contributed by atoms with E-state index in [2.05, 4.69) is 20.2 Å². The summed E-state index contributed by atoms with van der Waals surface area (Å²) < 4.78 is 31.3. The highest BCUT2D eigenvalue weighted by atomic mass is 35.5. The van der Waals surface area contributed by atoms with Crippen LogP contribution in [0.15, 0.2) is 11.0 Å². The molecule has 11 nitrogen and oxygen atoms in total. The highest BCUT2D eigenvalue weighted by molar-refractivity contribution is 7.89. The molecule has 1 atom stereocenters. The first-order chi connectivity index (χ1) is 14.3. The Hall–Kier alpha value is -2.36. The van der Waals surface area contributed by atoms with E-state index in [0.29, 0.717) is 50.9 Å². The quantitative estimate of drug-likeness (QED) is 0.555. The number of H-pyrrole nitrogens is 1. The number of nitrogens with zero attached hydrogens (tertiary/aromatic N) is 3. The zero-order valence-electron chi connectivity index (χ0n) is 16.1. The molecule has 2 fully saturated rings. The summed E-state index contributed by atoms with van der Waals surface area (Å²) in [4.78, 5) is 25.7. The molecule has 3 rings (SSSR count). The molecule has 1 saturated carbocycles. The molecule has 164 valence electrons. The molecule has 1 aromatic rings. The second kappa shape index (κ2) is 9.63. The highest BCUT2D eigenvalue weighted by Crippen LogP contribution is 2.26. The van der Waals surface area contributed by atoms with Gasteiger partial charge in [0.15, 0.2) is 5.75 Å². The van der Waals surface area contributed by atoms with Gasteiger partial charge in [0.2, 0.25) is 10.0 Å². The fraction of sp³-hybridized carbons (Fsp3) is 0.647. The van der Waals surface area contributed by atoms with Crippen LogP contribution in [0.25, 0.3) is 0 Å². The van der Waals surface area contributed by atoms with Gasteiger partial charge in [-0.25, -0.2) is 23.0 Å². The van der Waals surface area contributed by atoms with Gasteiger partial charge >= 0.3 is 6.09 Å². The zero-order valence-corrected chi connectivity index (χ0v) is 17.7. The summed E-state index contributed by atoms with van der Waals surface area (Å²) in [5.74, 6) is -0.561. The molecule has 0 radical (unpaired) electrons. The Morgan fingerprint density at radius 3 is 2.73 bits per heavy atom. The van der Waals surface area contributed by atoms with Crippen molar-refractivity contribution >= 4 is 33.4 Å². The number of aromatic amines is 1. The summed E-state index contributed by atoms with van der Waals surface area (Å²) in [7, 11) is -3.58. The third-order valence-corrected chi connectivity index (χ3v) is 6.75. The predicted octanol–water partition coefficient (Wildman–Crippen LogP) is 0.482. The van der Waals surface area contributed by atoms with Crippen molar-refractivity contribution in [2.45, 2.75) is 50.3 Å². The molecule has 0 unspecified atom stereocenters. The number of nitrogens with one attached hydrogen (secondary N) is 3. The van der Waals surface area contributed by atoms with Gasteiger partial charge in [-0.1, -0.05) is 11.6 Å². The third-order valence-electron chi connectivity index (χ3n) is 5.19. The molecule has 3 N–H and O–H groups in total. The van der Waals surface area contributed by atoms with Crippen molar-refractivity contribution < 1.29 is 17.9 Å². The number of carbonyl (C=O) groups is 1. The van der Waals surface area contributed by atoms with Gasteiger partial charge in [-0.15, -0.1) is 0 Å². The van der Waals surface area contributed by atoms with Gasteiger partial charge in [0.05, 0.1) is 24.5 Å². The maximum atomic E-state index is 12.2. The lowest BCUT2D eigenvalue weighted by molar-refractivity contribution is 0.102. The maximum absolute atomic E-state index is 12.2. The van der Waals surface area contributed by atoms with Gasteiger partial charge in [-0.05, 0) is 25.7 Å². The van der Waals surface area contributed by atoms with Crippen molar-refractivity contribution in [1.82, 2.24) is 20.2 Å². The lowest BCUT2D eigenvalue weighted by Crippen LogP contribution is -2.45. The summed E-state index contributed by atoms with van der Waals surface area (Å²) >= 11 is 6.02. The molecule has 1 aliphatic heterocycles. The van der Waals surface area contributed by atoms with E-state index >= 15 is 0 Å². The van der Waals surface area contributed by atoms with Crippen molar-refractivity contribution in [2.24, 2.45) is 0 Å². The molecule has 0 spiro atoms. The number of hydrogen-bond acceptors (Lipinski definition) is 8. The monoisotopic (exact) mass is 458 g/mol. The minimum atomic E-state index is -3.58. The number of carbonyl (C=O) groups excluding carboxylic acids is 1. The number of alkyl carbamates (subject to hydrolysis) is 1. The minimum Gasteiger partial charge on any atom is -0.444 e. The molecule has 2 aliphatic rings. The summed E-state index contributed by atoms with van der Waals surface area (Å²) in [5, 5.41) is 17.4. The molecule has 1 amide bonds. The molecule has 0 aromatic carbocycles. The van der Waals surface area contributed by atoms with Crippen molar-refractivity contribution in [1.29, 1.82) is 5.26 Å². The largest absolute Gasteiger partial charge is 0.444 e. The Bertz CT molecular complexity index is 970. The number of halogens is 1.